The molecule has 0 aromatic heterocycles. The Morgan fingerprint density at radius 3 is 2.52 bits per heavy atom. The smallest absolute Gasteiger partial charge is 0.338 e. The number of sulfonamides is 1. The Kier molecular flexibility index (Phi) is 5.43. The van der Waals surface area contributed by atoms with Crippen LogP contribution in [0.2, 0.25) is 0 Å². The van der Waals surface area contributed by atoms with Crippen LogP contribution in [0.3, 0.4) is 0 Å². The Hall–Kier alpha value is -1.51. The van der Waals surface area contributed by atoms with Crippen molar-refractivity contribution in [2.24, 2.45) is 5.41 Å². The van der Waals surface area contributed by atoms with Gasteiger partial charge in [0.1, 0.15) is 5.82 Å². The van der Waals surface area contributed by atoms with Gasteiger partial charge in [0.05, 0.1) is 10.5 Å². The van der Waals surface area contributed by atoms with E-state index < -0.39 is 32.8 Å². The van der Waals surface area contributed by atoms with Gasteiger partial charge in [-0.15, -0.1) is 0 Å². The predicted molar refractivity (Wildman–Crippen MR) is 74.0 cm³/mol. The Balaban J connectivity index is 2.99. The van der Waals surface area contributed by atoms with Crippen LogP contribution in [0.4, 0.5) is 4.39 Å². The molecule has 1 aromatic carbocycles. The van der Waals surface area contributed by atoms with E-state index in [-0.39, 0.29) is 18.0 Å². The second-order valence-corrected chi connectivity index (χ2v) is 7.18. The van der Waals surface area contributed by atoms with Gasteiger partial charge in [0.15, 0.2) is 0 Å². The number of benzene rings is 1. The quantitative estimate of drug-likeness (QED) is 0.701. The first-order chi connectivity index (χ1) is 9.59. The molecule has 0 spiro atoms. The maximum absolute atomic E-state index is 13.3. The average Bonchev–Trinajstić information content (AvgIpc) is 2.36. The summed E-state index contributed by atoms with van der Waals surface area (Å²) in [6.07, 6.45) is 0.402. The molecule has 1 rings (SSSR count). The summed E-state index contributed by atoms with van der Waals surface area (Å²) >= 11 is 0. The van der Waals surface area contributed by atoms with Gasteiger partial charge in [-0.25, -0.2) is 22.3 Å². The van der Waals surface area contributed by atoms with Crippen LogP contribution in [-0.2, 0) is 10.0 Å². The summed E-state index contributed by atoms with van der Waals surface area (Å²) in [5, 5.41) is 17.7. The average molecular weight is 319 g/mol. The second-order valence-electron chi connectivity index (χ2n) is 5.41. The van der Waals surface area contributed by atoms with Crippen molar-refractivity contribution in [2.75, 3.05) is 13.2 Å². The SMILES string of the molecule is CC(C)(CCO)CNS(=O)(=O)c1ccc(F)c(C(=O)O)c1. The van der Waals surface area contributed by atoms with Gasteiger partial charge in [-0.3, -0.25) is 0 Å². The highest BCUT2D eigenvalue weighted by molar-refractivity contribution is 7.89. The molecule has 118 valence electrons. The van der Waals surface area contributed by atoms with E-state index in [1.54, 1.807) is 13.8 Å². The van der Waals surface area contributed by atoms with Gasteiger partial charge in [-0.1, -0.05) is 13.8 Å². The van der Waals surface area contributed by atoms with Crippen molar-refractivity contribution in [1.29, 1.82) is 0 Å². The molecule has 6 nitrogen and oxygen atoms in total. The van der Waals surface area contributed by atoms with Gasteiger partial charge in [-0.2, -0.15) is 0 Å². The highest BCUT2D eigenvalue weighted by Crippen LogP contribution is 2.20. The number of carboxylic acid groups (broad SMARTS) is 1. The zero-order chi connectivity index (χ0) is 16.3. The number of rotatable bonds is 7. The zero-order valence-electron chi connectivity index (χ0n) is 11.8. The number of carbonyl (C=O) groups is 1. The van der Waals surface area contributed by atoms with Crippen LogP contribution < -0.4 is 4.72 Å². The lowest BCUT2D eigenvalue weighted by atomic mass is 9.90. The summed E-state index contributed by atoms with van der Waals surface area (Å²) in [4.78, 5) is 10.5. The third-order valence-electron chi connectivity index (χ3n) is 3.01. The molecule has 0 unspecified atom stereocenters. The summed E-state index contributed by atoms with van der Waals surface area (Å²) < 4.78 is 39.8. The molecule has 0 amide bonds. The minimum absolute atomic E-state index is 0.0652. The van der Waals surface area contributed by atoms with E-state index in [4.69, 9.17) is 10.2 Å². The molecular weight excluding hydrogens is 301 g/mol. The van der Waals surface area contributed by atoms with Crippen LogP contribution in [0.25, 0.3) is 0 Å². The summed E-state index contributed by atoms with van der Waals surface area (Å²) in [5.41, 5.74) is -1.16. The van der Waals surface area contributed by atoms with Crippen LogP contribution in [0.5, 0.6) is 0 Å². The Morgan fingerprint density at radius 2 is 2.00 bits per heavy atom. The number of nitrogens with one attached hydrogen (secondary N) is 1. The fraction of sp³-hybridized carbons (Fsp3) is 0.462. The minimum Gasteiger partial charge on any atom is -0.478 e. The Morgan fingerprint density at radius 1 is 1.38 bits per heavy atom. The molecule has 21 heavy (non-hydrogen) atoms. The number of aliphatic hydroxyl groups excluding tert-OH is 1. The van der Waals surface area contributed by atoms with E-state index in [2.05, 4.69) is 4.72 Å². The molecule has 0 fully saturated rings. The Labute approximate surface area is 122 Å². The molecule has 3 N–H and O–H groups in total. The third kappa shape index (κ3) is 4.76. The molecule has 0 saturated carbocycles. The molecule has 0 saturated heterocycles. The van der Waals surface area contributed by atoms with Crippen LogP contribution in [0, 0.1) is 11.2 Å². The van der Waals surface area contributed by atoms with Gasteiger partial charge < -0.3 is 10.2 Å². The van der Waals surface area contributed by atoms with Crippen LogP contribution in [0.15, 0.2) is 23.1 Å². The van der Waals surface area contributed by atoms with Gasteiger partial charge >= 0.3 is 5.97 Å². The van der Waals surface area contributed by atoms with Crippen LogP contribution >= 0.6 is 0 Å². The molecule has 0 aliphatic heterocycles. The number of hydrogen-bond acceptors (Lipinski definition) is 4. The number of carboxylic acids is 1. The lowest BCUT2D eigenvalue weighted by Crippen LogP contribution is -2.34. The standard InChI is InChI=1S/C13H18FNO5S/c1-13(2,5-6-16)8-15-21(19,20)9-3-4-11(14)10(7-9)12(17)18/h3-4,7,15-16H,5-6,8H2,1-2H3,(H,17,18). The molecule has 0 bridgehead atoms. The van der Waals surface area contributed by atoms with Crippen molar-refractivity contribution in [1.82, 2.24) is 4.72 Å². The molecule has 0 aliphatic carbocycles. The van der Waals surface area contributed by atoms with Crippen molar-refractivity contribution in [2.45, 2.75) is 25.2 Å². The predicted octanol–water partition coefficient (Wildman–Crippen LogP) is 1.21. The number of aromatic carboxylic acids is 1. The first-order valence-corrected chi connectivity index (χ1v) is 7.71. The number of halogens is 1. The first-order valence-electron chi connectivity index (χ1n) is 6.22. The van der Waals surface area contributed by atoms with E-state index in [1.807, 2.05) is 0 Å². The maximum atomic E-state index is 13.3. The second kappa shape index (κ2) is 6.50. The summed E-state index contributed by atoms with van der Waals surface area (Å²) in [5.74, 6) is -2.53. The Bertz CT molecular complexity index is 627. The van der Waals surface area contributed by atoms with Gasteiger partial charge in [0.25, 0.3) is 0 Å². The molecule has 0 heterocycles. The van der Waals surface area contributed by atoms with Crippen molar-refractivity contribution in [3.63, 3.8) is 0 Å². The fourth-order valence-electron chi connectivity index (χ4n) is 1.60. The van der Waals surface area contributed by atoms with Gasteiger partial charge in [-0.05, 0) is 30.0 Å². The van der Waals surface area contributed by atoms with E-state index >= 15 is 0 Å². The van der Waals surface area contributed by atoms with Crippen LogP contribution in [0.1, 0.15) is 30.6 Å². The molecule has 0 atom stereocenters. The van der Waals surface area contributed by atoms with Crippen molar-refractivity contribution >= 4 is 16.0 Å². The topological polar surface area (TPSA) is 104 Å². The molecular formula is C13H18FNO5S. The monoisotopic (exact) mass is 319 g/mol. The number of hydrogen-bond donors (Lipinski definition) is 3. The molecule has 8 heteroatoms. The first kappa shape index (κ1) is 17.5. The molecule has 0 aliphatic rings. The van der Waals surface area contributed by atoms with E-state index in [0.29, 0.717) is 6.42 Å². The zero-order valence-corrected chi connectivity index (χ0v) is 12.6. The van der Waals surface area contributed by atoms with Crippen molar-refractivity contribution in [3.05, 3.63) is 29.6 Å². The normalized spacial score (nSPS) is 12.4. The number of aliphatic hydroxyl groups is 1. The maximum Gasteiger partial charge on any atom is 0.338 e. The van der Waals surface area contributed by atoms with E-state index in [0.717, 1.165) is 18.2 Å². The summed E-state index contributed by atoms with van der Waals surface area (Å²) in [7, 11) is -3.95. The van der Waals surface area contributed by atoms with E-state index in [9.17, 15) is 17.6 Å². The molecule has 1 aromatic rings. The van der Waals surface area contributed by atoms with Crippen molar-refractivity contribution in [3.8, 4) is 0 Å². The lowest BCUT2D eigenvalue weighted by molar-refractivity contribution is 0.0691. The molecule has 0 radical (unpaired) electrons. The minimum atomic E-state index is -3.95. The summed E-state index contributed by atoms with van der Waals surface area (Å²) in [6.45, 7) is 3.54. The van der Waals surface area contributed by atoms with Gasteiger partial charge in [0.2, 0.25) is 10.0 Å². The highest BCUT2D eigenvalue weighted by atomic mass is 32.2. The lowest BCUT2D eigenvalue weighted by Gasteiger charge is -2.23. The third-order valence-corrected chi connectivity index (χ3v) is 4.41. The fourth-order valence-corrected chi connectivity index (χ4v) is 2.87. The van der Waals surface area contributed by atoms with Crippen LogP contribution in [-0.4, -0.2) is 37.8 Å². The van der Waals surface area contributed by atoms with E-state index in [1.165, 1.54) is 0 Å². The highest BCUT2D eigenvalue weighted by Gasteiger charge is 2.23. The largest absolute Gasteiger partial charge is 0.478 e. The van der Waals surface area contributed by atoms with Crippen molar-refractivity contribution < 1.29 is 27.8 Å². The van der Waals surface area contributed by atoms with Gasteiger partial charge in [0, 0.05) is 13.2 Å². The summed E-state index contributed by atoms with van der Waals surface area (Å²) in [6, 6.07) is 2.58.